The van der Waals surface area contributed by atoms with Crippen molar-refractivity contribution in [1.82, 2.24) is 0 Å². The maximum absolute atomic E-state index is 6.10. The fourth-order valence-electron chi connectivity index (χ4n) is 3.02. The van der Waals surface area contributed by atoms with Gasteiger partial charge in [0.05, 0.1) is 6.61 Å². The first-order valence-electron chi connectivity index (χ1n) is 8.71. The predicted molar refractivity (Wildman–Crippen MR) is 101 cm³/mol. The maximum Gasteiger partial charge on any atom is 0.123 e. The molecular weight excluding hydrogens is 292 g/mol. The van der Waals surface area contributed by atoms with E-state index in [-0.39, 0.29) is 5.92 Å². The molecule has 0 aliphatic heterocycles. The summed E-state index contributed by atoms with van der Waals surface area (Å²) in [6, 6.07) is 29.7. The molecule has 0 aliphatic carbocycles. The van der Waals surface area contributed by atoms with Gasteiger partial charge in [-0.3, -0.25) is 0 Å². The van der Waals surface area contributed by atoms with Gasteiger partial charge in [0.1, 0.15) is 5.75 Å². The standard InChI is InChI=1S/C23H24O/c1-2-3-18-24-22-17-11-10-16-21(22)23(19-12-6-4-7-13-19)20-14-8-5-9-15-20/h4-17,23H,2-3,18H2,1H3. The monoisotopic (exact) mass is 316 g/mol. The van der Waals surface area contributed by atoms with Gasteiger partial charge in [-0.15, -0.1) is 0 Å². The van der Waals surface area contributed by atoms with Crippen LogP contribution in [0.1, 0.15) is 42.4 Å². The largest absolute Gasteiger partial charge is 0.493 e. The molecule has 0 atom stereocenters. The highest BCUT2D eigenvalue weighted by Gasteiger charge is 2.20. The van der Waals surface area contributed by atoms with Gasteiger partial charge in [-0.2, -0.15) is 0 Å². The summed E-state index contributed by atoms with van der Waals surface area (Å²) < 4.78 is 6.10. The van der Waals surface area contributed by atoms with E-state index in [9.17, 15) is 0 Å². The number of benzene rings is 3. The van der Waals surface area contributed by atoms with E-state index in [0.717, 1.165) is 25.2 Å². The lowest BCUT2D eigenvalue weighted by Gasteiger charge is -2.22. The summed E-state index contributed by atoms with van der Waals surface area (Å²) in [5.74, 6) is 1.17. The molecule has 0 aliphatic rings. The molecule has 0 fully saturated rings. The molecule has 122 valence electrons. The van der Waals surface area contributed by atoms with Gasteiger partial charge >= 0.3 is 0 Å². The van der Waals surface area contributed by atoms with Crippen LogP contribution in [-0.4, -0.2) is 6.61 Å². The van der Waals surface area contributed by atoms with E-state index in [1.165, 1.54) is 16.7 Å². The summed E-state index contributed by atoms with van der Waals surface area (Å²) in [5, 5.41) is 0. The van der Waals surface area contributed by atoms with Crippen molar-refractivity contribution in [3.8, 4) is 5.75 Å². The Morgan fingerprint density at radius 2 is 1.25 bits per heavy atom. The van der Waals surface area contributed by atoms with E-state index >= 15 is 0 Å². The van der Waals surface area contributed by atoms with Crippen LogP contribution in [0.5, 0.6) is 5.75 Å². The molecule has 1 nitrogen and oxygen atoms in total. The van der Waals surface area contributed by atoms with Gasteiger partial charge < -0.3 is 4.74 Å². The number of rotatable bonds is 7. The second-order valence-electron chi connectivity index (χ2n) is 5.99. The van der Waals surface area contributed by atoms with Crippen molar-refractivity contribution in [2.75, 3.05) is 6.61 Å². The van der Waals surface area contributed by atoms with E-state index < -0.39 is 0 Å². The Hall–Kier alpha value is -2.54. The summed E-state index contributed by atoms with van der Waals surface area (Å²) >= 11 is 0. The molecule has 3 aromatic rings. The molecule has 0 heterocycles. The van der Waals surface area contributed by atoms with Crippen molar-refractivity contribution in [2.24, 2.45) is 0 Å². The molecule has 0 unspecified atom stereocenters. The minimum atomic E-state index is 0.185. The zero-order valence-corrected chi connectivity index (χ0v) is 14.2. The molecule has 0 aromatic heterocycles. The third kappa shape index (κ3) is 3.86. The van der Waals surface area contributed by atoms with E-state index in [0.29, 0.717) is 0 Å². The van der Waals surface area contributed by atoms with Crippen molar-refractivity contribution in [3.63, 3.8) is 0 Å². The molecule has 0 radical (unpaired) electrons. The molecule has 0 saturated heterocycles. The van der Waals surface area contributed by atoms with Crippen molar-refractivity contribution in [2.45, 2.75) is 25.7 Å². The van der Waals surface area contributed by atoms with Gasteiger partial charge in [0, 0.05) is 11.5 Å². The first-order valence-corrected chi connectivity index (χ1v) is 8.71. The minimum Gasteiger partial charge on any atom is -0.493 e. The van der Waals surface area contributed by atoms with Crippen molar-refractivity contribution in [1.29, 1.82) is 0 Å². The highest BCUT2D eigenvalue weighted by molar-refractivity contribution is 5.48. The number of unbranched alkanes of at least 4 members (excludes halogenated alkanes) is 1. The fourth-order valence-corrected chi connectivity index (χ4v) is 3.02. The molecule has 3 rings (SSSR count). The fraction of sp³-hybridized carbons (Fsp3) is 0.217. The second kappa shape index (κ2) is 8.35. The number of hydrogen-bond donors (Lipinski definition) is 0. The molecule has 0 N–H and O–H groups in total. The van der Waals surface area contributed by atoms with Crippen LogP contribution in [0.4, 0.5) is 0 Å². The van der Waals surface area contributed by atoms with Gasteiger partial charge in [-0.05, 0) is 23.6 Å². The van der Waals surface area contributed by atoms with Crippen molar-refractivity contribution >= 4 is 0 Å². The Balaban J connectivity index is 2.04. The summed E-state index contributed by atoms with van der Waals surface area (Å²) in [6.07, 6.45) is 2.22. The minimum absolute atomic E-state index is 0.185. The zero-order chi connectivity index (χ0) is 16.6. The zero-order valence-electron chi connectivity index (χ0n) is 14.2. The van der Waals surface area contributed by atoms with E-state index in [4.69, 9.17) is 4.74 Å². The molecule has 0 bridgehead atoms. The van der Waals surface area contributed by atoms with E-state index in [1.807, 2.05) is 0 Å². The van der Waals surface area contributed by atoms with Crippen LogP contribution >= 0.6 is 0 Å². The van der Waals surface area contributed by atoms with Gasteiger partial charge in [-0.25, -0.2) is 0 Å². The topological polar surface area (TPSA) is 9.23 Å². The summed E-state index contributed by atoms with van der Waals surface area (Å²) in [5.41, 5.74) is 3.80. The SMILES string of the molecule is CCCCOc1ccccc1C(c1ccccc1)c1ccccc1. The second-order valence-corrected chi connectivity index (χ2v) is 5.99. The first-order chi connectivity index (χ1) is 11.9. The average molecular weight is 316 g/mol. The molecule has 1 heteroatoms. The van der Waals surface area contributed by atoms with Gasteiger partial charge in [-0.1, -0.05) is 92.2 Å². The van der Waals surface area contributed by atoms with E-state index in [1.54, 1.807) is 0 Å². The Morgan fingerprint density at radius 1 is 0.708 bits per heavy atom. The molecule has 0 saturated carbocycles. The third-order valence-corrected chi connectivity index (χ3v) is 4.25. The Bertz CT molecular complexity index is 695. The van der Waals surface area contributed by atoms with Crippen LogP contribution in [0.3, 0.4) is 0 Å². The summed E-state index contributed by atoms with van der Waals surface area (Å²) in [4.78, 5) is 0. The predicted octanol–water partition coefficient (Wildman–Crippen LogP) is 6.05. The lowest BCUT2D eigenvalue weighted by molar-refractivity contribution is 0.306. The van der Waals surface area contributed by atoms with Crippen LogP contribution in [0, 0.1) is 0 Å². The summed E-state index contributed by atoms with van der Waals surface area (Å²) in [6.45, 7) is 2.95. The smallest absolute Gasteiger partial charge is 0.123 e. The summed E-state index contributed by atoms with van der Waals surface area (Å²) in [7, 11) is 0. The van der Waals surface area contributed by atoms with Crippen LogP contribution in [0.15, 0.2) is 84.9 Å². The van der Waals surface area contributed by atoms with Crippen LogP contribution in [0.2, 0.25) is 0 Å². The molecule has 0 amide bonds. The van der Waals surface area contributed by atoms with Gasteiger partial charge in [0.2, 0.25) is 0 Å². The number of hydrogen-bond acceptors (Lipinski definition) is 1. The number of para-hydroxylation sites is 1. The molecule has 24 heavy (non-hydrogen) atoms. The highest BCUT2D eigenvalue weighted by Crippen LogP contribution is 2.37. The lowest BCUT2D eigenvalue weighted by Crippen LogP contribution is -2.07. The molecule has 0 spiro atoms. The van der Waals surface area contributed by atoms with Crippen molar-refractivity contribution < 1.29 is 4.74 Å². The quantitative estimate of drug-likeness (QED) is 0.381. The van der Waals surface area contributed by atoms with Gasteiger partial charge in [0.15, 0.2) is 0 Å². The Kier molecular flexibility index (Phi) is 5.68. The normalized spacial score (nSPS) is 10.8. The Labute approximate surface area is 144 Å². The van der Waals surface area contributed by atoms with Crippen LogP contribution in [0.25, 0.3) is 0 Å². The van der Waals surface area contributed by atoms with E-state index in [2.05, 4.69) is 91.9 Å². The van der Waals surface area contributed by atoms with Crippen LogP contribution < -0.4 is 4.74 Å². The van der Waals surface area contributed by atoms with Gasteiger partial charge in [0.25, 0.3) is 0 Å². The maximum atomic E-state index is 6.10. The third-order valence-electron chi connectivity index (χ3n) is 4.25. The molecular formula is C23H24O. The van der Waals surface area contributed by atoms with Crippen molar-refractivity contribution in [3.05, 3.63) is 102 Å². The highest BCUT2D eigenvalue weighted by atomic mass is 16.5. The Morgan fingerprint density at radius 3 is 1.83 bits per heavy atom. The molecule has 3 aromatic carbocycles. The average Bonchev–Trinajstić information content (AvgIpc) is 2.65. The number of ether oxygens (including phenoxy) is 1. The lowest BCUT2D eigenvalue weighted by atomic mass is 9.85. The van der Waals surface area contributed by atoms with Crippen LogP contribution in [-0.2, 0) is 0 Å². The first kappa shape index (κ1) is 16.3.